The molecule has 3 aromatic rings. The van der Waals surface area contributed by atoms with Crippen molar-refractivity contribution in [2.45, 2.75) is 6.54 Å². The molecule has 0 saturated carbocycles. The average Bonchev–Trinajstić information content (AvgIpc) is 3.08. The normalized spacial score (nSPS) is 10.6. The summed E-state index contributed by atoms with van der Waals surface area (Å²) < 4.78 is 7.45. The van der Waals surface area contributed by atoms with Gasteiger partial charge in [0.1, 0.15) is 5.75 Å². The quantitative estimate of drug-likeness (QED) is 0.517. The average molecular weight is 374 g/mol. The van der Waals surface area contributed by atoms with Crippen molar-refractivity contribution < 1.29 is 17.1 Å². The maximum absolute atomic E-state index is 5.88. The van der Waals surface area contributed by atoms with Crippen LogP contribution in [0, 0.1) is 0 Å². The van der Waals surface area contributed by atoms with Crippen LogP contribution in [0.4, 0.5) is 0 Å². The Bertz CT molecular complexity index is 793. The number of likely N-dealkylation sites (N-methyl/N-ethyl adjacent to an activating group) is 1. The zero-order valence-electron chi connectivity index (χ0n) is 14.8. The van der Waals surface area contributed by atoms with E-state index in [0.29, 0.717) is 11.8 Å². The van der Waals surface area contributed by atoms with Crippen molar-refractivity contribution in [3.8, 4) is 17.4 Å². The van der Waals surface area contributed by atoms with Crippen molar-refractivity contribution in [2.24, 2.45) is 0 Å². The summed E-state index contributed by atoms with van der Waals surface area (Å²) in [5.41, 5.74) is 2.00. The van der Waals surface area contributed by atoms with Crippen molar-refractivity contribution in [1.29, 1.82) is 0 Å². The van der Waals surface area contributed by atoms with Gasteiger partial charge in [-0.3, -0.25) is 0 Å². The van der Waals surface area contributed by atoms with Gasteiger partial charge in [0.05, 0.1) is 5.69 Å². The largest absolute Gasteiger partial charge is 1.00 e. The predicted octanol–water partition coefficient (Wildman–Crippen LogP) is -0.890. The number of nitrogens with zero attached hydrogens (tertiary/aromatic N) is 5. The number of benzene rings is 2. The Morgan fingerprint density at radius 3 is 2.65 bits per heavy atom. The first-order chi connectivity index (χ1) is 12.2. The molecular formula is C18H22ClN6O-. The minimum atomic E-state index is 0. The Hall–Kier alpha value is -2.48. The number of ether oxygens (including phenoxy) is 1. The minimum Gasteiger partial charge on any atom is -1.00 e. The first-order valence-corrected chi connectivity index (χ1v) is 8.18. The van der Waals surface area contributed by atoms with Crippen LogP contribution in [0.25, 0.3) is 5.69 Å². The first-order valence-electron chi connectivity index (χ1n) is 8.18. The van der Waals surface area contributed by atoms with Gasteiger partial charge in [-0.2, -0.15) is 4.68 Å². The summed E-state index contributed by atoms with van der Waals surface area (Å²) in [5, 5.41) is 15.1. The van der Waals surface area contributed by atoms with Gasteiger partial charge in [-0.05, 0) is 54.4 Å². The Balaban J connectivity index is 0.00000243. The molecule has 0 aliphatic heterocycles. The van der Waals surface area contributed by atoms with Crippen molar-refractivity contribution >= 4 is 0 Å². The highest BCUT2D eigenvalue weighted by molar-refractivity contribution is 5.34. The Morgan fingerprint density at radius 2 is 1.88 bits per heavy atom. The molecule has 0 atom stereocenters. The second-order valence-corrected chi connectivity index (χ2v) is 5.94. The summed E-state index contributed by atoms with van der Waals surface area (Å²) in [7, 11) is 4.13. The van der Waals surface area contributed by atoms with E-state index in [0.717, 1.165) is 30.9 Å². The van der Waals surface area contributed by atoms with Crippen LogP contribution in [0.15, 0.2) is 54.6 Å². The van der Waals surface area contributed by atoms with E-state index < -0.39 is 0 Å². The van der Waals surface area contributed by atoms with Crippen molar-refractivity contribution in [1.82, 2.24) is 30.4 Å². The zero-order valence-corrected chi connectivity index (χ0v) is 15.6. The molecule has 0 amide bonds. The smallest absolute Gasteiger partial charge is 0.345 e. The summed E-state index contributed by atoms with van der Waals surface area (Å²) in [4.78, 5) is 2.15. The first kappa shape index (κ1) is 19.8. The number of nitrogens with one attached hydrogen (secondary N) is 1. The lowest BCUT2D eigenvalue weighted by Crippen LogP contribution is -3.00. The van der Waals surface area contributed by atoms with Crippen LogP contribution >= 0.6 is 0 Å². The van der Waals surface area contributed by atoms with Gasteiger partial charge in [0.25, 0.3) is 0 Å². The molecular weight excluding hydrogens is 352 g/mol. The van der Waals surface area contributed by atoms with E-state index in [1.807, 2.05) is 48.5 Å². The number of aromatic nitrogens is 4. The fourth-order valence-corrected chi connectivity index (χ4v) is 2.33. The highest BCUT2D eigenvalue weighted by atomic mass is 35.5. The highest BCUT2D eigenvalue weighted by Gasteiger charge is 2.10. The molecule has 2 aromatic carbocycles. The monoisotopic (exact) mass is 373 g/mol. The van der Waals surface area contributed by atoms with Gasteiger partial charge in [0, 0.05) is 19.6 Å². The molecule has 3 rings (SSSR count). The number of para-hydroxylation sites is 1. The van der Waals surface area contributed by atoms with Crippen LogP contribution < -0.4 is 22.5 Å². The molecule has 0 unspecified atom stereocenters. The van der Waals surface area contributed by atoms with E-state index >= 15 is 0 Å². The number of rotatable bonds is 8. The number of tetrazole rings is 1. The van der Waals surface area contributed by atoms with E-state index in [1.165, 1.54) is 0 Å². The second-order valence-electron chi connectivity index (χ2n) is 5.94. The van der Waals surface area contributed by atoms with Gasteiger partial charge >= 0.3 is 6.01 Å². The van der Waals surface area contributed by atoms with E-state index in [4.69, 9.17) is 4.74 Å². The van der Waals surface area contributed by atoms with E-state index in [2.05, 4.69) is 45.9 Å². The molecule has 1 aromatic heterocycles. The van der Waals surface area contributed by atoms with Crippen molar-refractivity contribution in [3.05, 3.63) is 60.2 Å². The van der Waals surface area contributed by atoms with Crippen LogP contribution in [-0.4, -0.2) is 52.3 Å². The van der Waals surface area contributed by atoms with Crippen LogP contribution in [0.2, 0.25) is 0 Å². The molecule has 1 N–H and O–H groups in total. The van der Waals surface area contributed by atoms with Crippen LogP contribution in [0.5, 0.6) is 11.8 Å². The van der Waals surface area contributed by atoms with Gasteiger partial charge in [-0.25, -0.2) is 0 Å². The molecule has 26 heavy (non-hydrogen) atoms. The van der Waals surface area contributed by atoms with Crippen LogP contribution in [0.3, 0.4) is 0 Å². The molecule has 138 valence electrons. The molecule has 8 heteroatoms. The zero-order chi connectivity index (χ0) is 17.5. The molecule has 7 nitrogen and oxygen atoms in total. The summed E-state index contributed by atoms with van der Waals surface area (Å²) in [6, 6.07) is 17.9. The lowest BCUT2D eigenvalue weighted by Gasteiger charge is -2.11. The molecule has 1 heterocycles. The second kappa shape index (κ2) is 9.86. The van der Waals surface area contributed by atoms with Crippen LogP contribution in [-0.2, 0) is 6.54 Å². The van der Waals surface area contributed by atoms with Gasteiger partial charge in [-0.15, -0.1) is 0 Å². The molecule has 0 aliphatic rings. The number of halogens is 1. The summed E-state index contributed by atoms with van der Waals surface area (Å²) in [6.45, 7) is 2.72. The maximum atomic E-state index is 5.88. The predicted molar refractivity (Wildman–Crippen MR) is 95.9 cm³/mol. The Labute approximate surface area is 159 Å². The van der Waals surface area contributed by atoms with E-state index in [9.17, 15) is 0 Å². The van der Waals surface area contributed by atoms with Crippen LogP contribution in [0.1, 0.15) is 5.56 Å². The van der Waals surface area contributed by atoms with E-state index in [1.54, 1.807) is 4.68 Å². The topological polar surface area (TPSA) is 68.1 Å². The Kier molecular flexibility index (Phi) is 7.53. The number of hydrogen-bond acceptors (Lipinski definition) is 6. The van der Waals surface area contributed by atoms with Gasteiger partial charge in [0.15, 0.2) is 0 Å². The fourth-order valence-electron chi connectivity index (χ4n) is 2.33. The standard InChI is InChI=1S/C18H22N6O.ClH/c1-23(2)12-11-19-14-15-7-6-10-17(13-15)25-18-20-21-22-24(18)16-8-4-3-5-9-16;/h3-10,13,19H,11-12,14H2,1-2H3;1H/p-1. The third kappa shape index (κ3) is 5.52. The van der Waals surface area contributed by atoms with Crippen molar-refractivity contribution in [3.63, 3.8) is 0 Å². The number of hydrogen-bond donors (Lipinski definition) is 1. The lowest BCUT2D eigenvalue weighted by atomic mass is 10.2. The minimum absolute atomic E-state index is 0. The molecule has 0 fully saturated rings. The SMILES string of the molecule is CN(C)CCNCc1cccc(Oc2nnnn2-c2ccccc2)c1.[Cl-]. The van der Waals surface area contributed by atoms with Gasteiger partial charge in [0.2, 0.25) is 0 Å². The molecule has 0 bridgehead atoms. The third-order valence-corrected chi connectivity index (χ3v) is 3.61. The summed E-state index contributed by atoms with van der Waals surface area (Å²) >= 11 is 0. The Morgan fingerprint density at radius 1 is 1.08 bits per heavy atom. The highest BCUT2D eigenvalue weighted by Crippen LogP contribution is 2.21. The van der Waals surface area contributed by atoms with E-state index in [-0.39, 0.29) is 12.4 Å². The fraction of sp³-hybridized carbons (Fsp3) is 0.278. The third-order valence-electron chi connectivity index (χ3n) is 3.61. The molecule has 0 aliphatic carbocycles. The molecule has 0 spiro atoms. The summed E-state index contributed by atoms with van der Waals surface area (Å²) in [6.07, 6.45) is 0. The summed E-state index contributed by atoms with van der Waals surface area (Å²) in [5.74, 6) is 0.707. The lowest BCUT2D eigenvalue weighted by molar-refractivity contribution is -0.00000603. The van der Waals surface area contributed by atoms with Gasteiger partial charge < -0.3 is 27.4 Å². The maximum Gasteiger partial charge on any atom is 0.345 e. The molecule has 0 saturated heterocycles. The van der Waals surface area contributed by atoms with Crippen molar-refractivity contribution in [2.75, 3.05) is 27.2 Å². The van der Waals surface area contributed by atoms with Gasteiger partial charge in [-0.1, -0.05) is 35.4 Å². The molecule has 0 radical (unpaired) electrons.